The average Bonchev–Trinajstić information content (AvgIpc) is 2.84. The van der Waals surface area contributed by atoms with Gasteiger partial charge in [0.2, 0.25) is 5.95 Å². The van der Waals surface area contributed by atoms with Crippen LogP contribution in [0.15, 0.2) is 24.3 Å². The standard InChI is InChI=1S/C18H23ClN4O4S/c1-12-8-17(22-18(20)21-12)23-6-3-7-26-10-16(23)14-5-4-13(9-15(14)19)27-11-28(2,24)25/h4-5,8-9,16H,3,6-7,10-11H2,1-2H3,(H2,20,21,22)/t16-/m1/s1. The molecule has 10 heteroatoms. The summed E-state index contributed by atoms with van der Waals surface area (Å²) in [5, 5.41) is 0.463. The second kappa shape index (κ2) is 8.50. The summed E-state index contributed by atoms with van der Waals surface area (Å²) >= 11 is 6.51. The number of nitrogens with zero attached hydrogens (tertiary/aromatic N) is 3. The molecule has 0 bridgehead atoms. The van der Waals surface area contributed by atoms with Gasteiger partial charge in [-0.05, 0) is 31.0 Å². The maximum atomic E-state index is 11.3. The van der Waals surface area contributed by atoms with Crippen molar-refractivity contribution >= 4 is 33.2 Å². The zero-order valence-electron chi connectivity index (χ0n) is 15.8. The van der Waals surface area contributed by atoms with Crippen molar-refractivity contribution in [3.63, 3.8) is 0 Å². The highest BCUT2D eigenvalue weighted by atomic mass is 35.5. The van der Waals surface area contributed by atoms with Crippen LogP contribution >= 0.6 is 11.6 Å². The Bertz CT molecular complexity index is 934. The summed E-state index contributed by atoms with van der Waals surface area (Å²) in [6, 6.07) is 6.85. The monoisotopic (exact) mass is 426 g/mol. The fourth-order valence-electron chi connectivity index (χ4n) is 3.07. The van der Waals surface area contributed by atoms with Crippen molar-refractivity contribution in [3.05, 3.63) is 40.5 Å². The van der Waals surface area contributed by atoms with E-state index in [1.807, 2.05) is 19.1 Å². The van der Waals surface area contributed by atoms with Crippen LogP contribution in [0.4, 0.5) is 11.8 Å². The number of nitrogens with two attached hydrogens (primary N) is 1. The summed E-state index contributed by atoms with van der Waals surface area (Å²) in [4.78, 5) is 10.6. The van der Waals surface area contributed by atoms with E-state index in [9.17, 15) is 8.42 Å². The predicted molar refractivity (Wildman–Crippen MR) is 108 cm³/mol. The second-order valence-corrected chi connectivity index (χ2v) is 9.23. The molecule has 1 aliphatic rings. The lowest BCUT2D eigenvalue weighted by Crippen LogP contribution is -2.32. The lowest BCUT2D eigenvalue weighted by atomic mass is 10.1. The van der Waals surface area contributed by atoms with Gasteiger partial charge in [-0.2, -0.15) is 4.98 Å². The van der Waals surface area contributed by atoms with E-state index in [2.05, 4.69) is 14.9 Å². The number of aromatic nitrogens is 2. The summed E-state index contributed by atoms with van der Waals surface area (Å²) in [5.41, 5.74) is 7.45. The van der Waals surface area contributed by atoms with Crippen molar-refractivity contribution in [2.45, 2.75) is 19.4 Å². The van der Waals surface area contributed by atoms with E-state index in [-0.39, 0.29) is 12.0 Å². The van der Waals surface area contributed by atoms with Crippen LogP contribution in [0.1, 0.15) is 23.7 Å². The first-order valence-corrected chi connectivity index (χ1v) is 11.2. The number of hydrogen-bond donors (Lipinski definition) is 1. The molecule has 2 N–H and O–H groups in total. The molecule has 152 valence electrons. The fourth-order valence-corrected chi connectivity index (χ4v) is 3.72. The number of ether oxygens (including phenoxy) is 2. The van der Waals surface area contributed by atoms with Gasteiger partial charge in [0.25, 0.3) is 0 Å². The molecule has 1 saturated heterocycles. The van der Waals surface area contributed by atoms with Crippen LogP contribution in [0, 0.1) is 6.92 Å². The normalized spacial score (nSPS) is 18.0. The molecule has 0 saturated carbocycles. The molecule has 28 heavy (non-hydrogen) atoms. The predicted octanol–water partition coefficient (Wildman–Crippen LogP) is 2.37. The van der Waals surface area contributed by atoms with E-state index in [0.717, 1.165) is 30.5 Å². The molecule has 8 nitrogen and oxygen atoms in total. The number of benzene rings is 1. The zero-order chi connectivity index (χ0) is 20.3. The molecule has 0 spiro atoms. The quantitative estimate of drug-likeness (QED) is 0.776. The van der Waals surface area contributed by atoms with Crippen LogP contribution in [0.25, 0.3) is 0 Å². The SMILES string of the molecule is Cc1cc(N2CCCOC[C@@H]2c2ccc(OCS(C)(=O)=O)cc2Cl)nc(N)n1. The van der Waals surface area contributed by atoms with Crippen LogP contribution in [0.3, 0.4) is 0 Å². The van der Waals surface area contributed by atoms with E-state index in [0.29, 0.717) is 29.8 Å². The zero-order valence-corrected chi connectivity index (χ0v) is 17.3. The van der Waals surface area contributed by atoms with E-state index < -0.39 is 15.8 Å². The third-order valence-corrected chi connectivity index (χ3v) is 5.14. The Kier molecular flexibility index (Phi) is 6.26. The summed E-state index contributed by atoms with van der Waals surface area (Å²) in [6.07, 6.45) is 1.95. The van der Waals surface area contributed by atoms with Gasteiger partial charge in [0.05, 0.1) is 12.6 Å². The highest BCUT2D eigenvalue weighted by molar-refractivity contribution is 7.90. The molecule has 2 heterocycles. The van der Waals surface area contributed by atoms with Crippen molar-refractivity contribution in [1.82, 2.24) is 9.97 Å². The molecule has 0 aliphatic carbocycles. The van der Waals surface area contributed by atoms with Crippen LogP contribution in [-0.4, -0.2) is 50.3 Å². The lowest BCUT2D eigenvalue weighted by Gasteiger charge is -2.31. The number of rotatable bonds is 5. The molecular formula is C18H23ClN4O4S. The summed E-state index contributed by atoms with van der Waals surface area (Å²) in [7, 11) is -3.24. The molecule has 1 aliphatic heterocycles. The van der Waals surface area contributed by atoms with Crippen molar-refractivity contribution < 1.29 is 17.9 Å². The minimum absolute atomic E-state index is 0.173. The van der Waals surface area contributed by atoms with Crippen LogP contribution in [0.2, 0.25) is 5.02 Å². The van der Waals surface area contributed by atoms with E-state index in [4.69, 9.17) is 26.8 Å². The molecule has 0 radical (unpaired) electrons. The first-order chi connectivity index (χ1) is 13.2. The van der Waals surface area contributed by atoms with Gasteiger partial charge >= 0.3 is 0 Å². The topological polar surface area (TPSA) is 108 Å². The van der Waals surface area contributed by atoms with Gasteiger partial charge < -0.3 is 20.1 Å². The minimum Gasteiger partial charge on any atom is -0.478 e. The van der Waals surface area contributed by atoms with Crippen LogP contribution in [0.5, 0.6) is 5.75 Å². The first-order valence-electron chi connectivity index (χ1n) is 8.78. The number of anilines is 2. The molecular weight excluding hydrogens is 404 g/mol. The van der Waals surface area contributed by atoms with Gasteiger partial charge in [0.1, 0.15) is 11.6 Å². The number of nitrogen functional groups attached to an aromatic ring is 1. The van der Waals surface area contributed by atoms with Crippen molar-refractivity contribution in [3.8, 4) is 5.75 Å². The van der Waals surface area contributed by atoms with E-state index >= 15 is 0 Å². The Morgan fingerprint density at radius 3 is 2.82 bits per heavy atom. The van der Waals surface area contributed by atoms with Crippen molar-refractivity contribution in [2.75, 3.05) is 42.6 Å². The van der Waals surface area contributed by atoms with E-state index in [1.165, 1.54) is 0 Å². The van der Waals surface area contributed by atoms with E-state index in [1.54, 1.807) is 12.1 Å². The fraction of sp³-hybridized carbons (Fsp3) is 0.444. The van der Waals surface area contributed by atoms with Crippen molar-refractivity contribution in [1.29, 1.82) is 0 Å². The summed E-state index contributed by atoms with van der Waals surface area (Å²) < 4.78 is 33.7. The summed E-state index contributed by atoms with van der Waals surface area (Å²) in [5.74, 6) is 0.923. The maximum absolute atomic E-state index is 11.3. The van der Waals surface area contributed by atoms with Gasteiger partial charge in [-0.25, -0.2) is 13.4 Å². The number of sulfone groups is 1. The molecule has 1 atom stereocenters. The Labute approximate surface area is 169 Å². The molecule has 0 amide bonds. The molecule has 1 aromatic carbocycles. The van der Waals surface area contributed by atoms with Crippen LogP contribution < -0.4 is 15.4 Å². The number of aryl methyl sites for hydroxylation is 1. The average molecular weight is 427 g/mol. The smallest absolute Gasteiger partial charge is 0.222 e. The molecule has 1 aromatic heterocycles. The Hall–Kier alpha value is -2.10. The summed E-state index contributed by atoms with van der Waals surface area (Å²) in [6.45, 7) is 3.67. The Morgan fingerprint density at radius 1 is 1.36 bits per heavy atom. The second-order valence-electron chi connectivity index (χ2n) is 6.73. The molecule has 0 unspecified atom stereocenters. The highest BCUT2D eigenvalue weighted by Gasteiger charge is 2.27. The van der Waals surface area contributed by atoms with Gasteiger partial charge in [-0.1, -0.05) is 17.7 Å². The maximum Gasteiger partial charge on any atom is 0.222 e. The van der Waals surface area contributed by atoms with Gasteiger partial charge in [0.15, 0.2) is 15.8 Å². The molecule has 2 aromatic rings. The molecule has 1 fully saturated rings. The van der Waals surface area contributed by atoms with Crippen LogP contribution in [-0.2, 0) is 14.6 Å². The third kappa shape index (κ3) is 5.24. The molecule has 3 rings (SSSR count). The Balaban J connectivity index is 1.92. The largest absolute Gasteiger partial charge is 0.478 e. The van der Waals surface area contributed by atoms with Crippen molar-refractivity contribution in [2.24, 2.45) is 0 Å². The number of hydrogen-bond acceptors (Lipinski definition) is 8. The Morgan fingerprint density at radius 2 is 2.14 bits per heavy atom. The minimum atomic E-state index is -3.24. The van der Waals surface area contributed by atoms with Gasteiger partial charge in [-0.15, -0.1) is 0 Å². The number of halogens is 1. The van der Waals surface area contributed by atoms with Gasteiger partial charge in [0, 0.05) is 36.2 Å². The highest BCUT2D eigenvalue weighted by Crippen LogP contribution is 2.34. The van der Waals surface area contributed by atoms with Gasteiger partial charge in [-0.3, -0.25) is 0 Å². The lowest BCUT2D eigenvalue weighted by molar-refractivity contribution is 0.134. The first kappa shape index (κ1) is 20.6. The third-order valence-electron chi connectivity index (χ3n) is 4.26.